The van der Waals surface area contributed by atoms with Gasteiger partial charge in [-0.1, -0.05) is 17.7 Å². The van der Waals surface area contributed by atoms with E-state index in [4.69, 9.17) is 28.4 Å². The Morgan fingerprint density at radius 2 is 1.30 bits per heavy atom. The normalized spacial score (nSPS) is 25.6. The monoisotopic (exact) mass is 424 g/mol. The zero-order chi connectivity index (χ0) is 22.4. The maximum absolute atomic E-state index is 12.3. The number of rotatable bonds is 6. The van der Waals surface area contributed by atoms with Gasteiger partial charge in [0.1, 0.15) is 5.75 Å². The molecule has 0 saturated carbocycles. The number of carbonyl (C=O) groups is 4. The Morgan fingerprint density at radius 3 is 1.80 bits per heavy atom. The lowest BCUT2D eigenvalue weighted by Gasteiger charge is -2.43. The highest BCUT2D eigenvalue weighted by Gasteiger charge is 2.55. The Hall–Kier alpha value is -3.14. The molecular formula is C20H24O10. The van der Waals surface area contributed by atoms with Crippen LogP contribution in [0.5, 0.6) is 5.75 Å². The van der Waals surface area contributed by atoms with Crippen molar-refractivity contribution in [3.63, 3.8) is 0 Å². The van der Waals surface area contributed by atoms with Crippen LogP contribution in [0.1, 0.15) is 26.3 Å². The average molecular weight is 424 g/mol. The topological polar surface area (TPSA) is 124 Å². The van der Waals surface area contributed by atoms with Crippen molar-refractivity contribution in [3.8, 4) is 5.75 Å². The summed E-state index contributed by atoms with van der Waals surface area (Å²) in [6.45, 7) is 5.25. The Bertz CT molecular complexity index is 787. The Morgan fingerprint density at radius 1 is 0.800 bits per heavy atom. The van der Waals surface area contributed by atoms with Gasteiger partial charge < -0.3 is 28.4 Å². The Kier molecular flexibility index (Phi) is 7.76. The van der Waals surface area contributed by atoms with E-state index in [2.05, 4.69) is 0 Å². The first-order chi connectivity index (χ1) is 14.1. The lowest BCUT2D eigenvalue weighted by atomic mass is 9.97. The van der Waals surface area contributed by atoms with E-state index >= 15 is 0 Å². The predicted octanol–water partition coefficient (Wildman–Crippen LogP) is 1.07. The smallest absolute Gasteiger partial charge is 0.339 e. The fourth-order valence-corrected chi connectivity index (χ4v) is 2.93. The molecule has 1 aliphatic heterocycles. The minimum Gasteiger partial charge on any atom is -0.467 e. The summed E-state index contributed by atoms with van der Waals surface area (Å²) >= 11 is 0. The van der Waals surface area contributed by atoms with Crippen LogP contribution in [-0.4, -0.2) is 61.7 Å². The summed E-state index contributed by atoms with van der Waals surface area (Å²) in [5.74, 6) is -2.80. The molecule has 0 N–H and O–H groups in total. The summed E-state index contributed by atoms with van der Waals surface area (Å²) in [6, 6.07) is 6.86. The van der Waals surface area contributed by atoms with Crippen LogP contribution < -0.4 is 4.74 Å². The van der Waals surface area contributed by atoms with E-state index in [0.29, 0.717) is 5.75 Å². The molecule has 0 spiro atoms. The molecule has 164 valence electrons. The number of benzene rings is 1. The van der Waals surface area contributed by atoms with Crippen molar-refractivity contribution in [1.82, 2.24) is 0 Å². The minimum atomic E-state index is -1.49. The van der Waals surface area contributed by atoms with Gasteiger partial charge in [0.05, 0.1) is 7.11 Å². The molecule has 0 aromatic heterocycles. The molecule has 10 nitrogen and oxygen atoms in total. The first kappa shape index (κ1) is 23.1. The molecule has 1 aliphatic rings. The van der Waals surface area contributed by atoms with Crippen LogP contribution in [0, 0.1) is 6.92 Å². The summed E-state index contributed by atoms with van der Waals surface area (Å²) in [4.78, 5) is 47.4. The SMILES string of the molecule is COC(=O)[C@H]1O[C@@H](Oc2ccc(C)cc2)[C@H](OC(C)=O)[C@@H](OC(C)=O)[C@@H]1OC(C)=O. The van der Waals surface area contributed by atoms with E-state index in [1.807, 2.05) is 6.92 Å². The van der Waals surface area contributed by atoms with Gasteiger partial charge in [0.2, 0.25) is 12.4 Å². The van der Waals surface area contributed by atoms with Gasteiger partial charge in [0, 0.05) is 20.8 Å². The Labute approximate surface area is 173 Å². The molecular weight excluding hydrogens is 400 g/mol. The zero-order valence-corrected chi connectivity index (χ0v) is 17.3. The quantitative estimate of drug-likeness (QED) is 0.484. The van der Waals surface area contributed by atoms with Crippen LogP contribution in [-0.2, 0) is 42.9 Å². The second-order valence-electron chi connectivity index (χ2n) is 6.60. The van der Waals surface area contributed by atoms with Gasteiger partial charge in [-0.2, -0.15) is 0 Å². The van der Waals surface area contributed by atoms with E-state index in [0.717, 1.165) is 33.4 Å². The third-order valence-corrected chi connectivity index (χ3v) is 4.11. The maximum Gasteiger partial charge on any atom is 0.339 e. The molecule has 1 saturated heterocycles. The number of ether oxygens (including phenoxy) is 6. The highest BCUT2D eigenvalue weighted by Crippen LogP contribution is 2.31. The van der Waals surface area contributed by atoms with Gasteiger partial charge in [0.15, 0.2) is 18.3 Å². The minimum absolute atomic E-state index is 0.346. The van der Waals surface area contributed by atoms with Crippen molar-refractivity contribution < 1.29 is 47.6 Å². The van der Waals surface area contributed by atoms with Crippen molar-refractivity contribution in [1.29, 1.82) is 0 Å². The number of methoxy groups -OCH3 is 1. The first-order valence-electron chi connectivity index (χ1n) is 9.10. The van der Waals surface area contributed by atoms with Gasteiger partial charge >= 0.3 is 23.9 Å². The van der Waals surface area contributed by atoms with E-state index < -0.39 is 54.6 Å². The second-order valence-corrected chi connectivity index (χ2v) is 6.60. The summed E-state index contributed by atoms with van der Waals surface area (Å²) in [7, 11) is 1.12. The van der Waals surface area contributed by atoms with E-state index in [1.54, 1.807) is 24.3 Å². The van der Waals surface area contributed by atoms with Crippen molar-refractivity contribution in [3.05, 3.63) is 29.8 Å². The molecule has 30 heavy (non-hydrogen) atoms. The maximum atomic E-state index is 12.3. The molecule has 10 heteroatoms. The summed E-state index contributed by atoms with van der Waals surface area (Å²) < 4.78 is 31.9. The molecule has 5 atom stereocenters. The largest absolute Gasteiger partial charge is 0.467 e. The summed E-state index contributed by atoms with van der Waals surface area (Å²) in [5, 5.41) is 0. The van der Waals surface area contributed by atoms with E-state index in [9.17, 15) is 19.2 Å². The molecule has 1 heterocycles. The third kappa shape index (κ3) is 5.93. The van der Waals surface area contributed by atoms with Crippen LogP contribution in [0.4, 0.5) is 0 Å². The lowest BCUT2D eigenvalue weighted by molar-refractivity contribution is -0.282. The molecule has 0 radical (unpaired) electrons. The lowest BCUT2D eigenvalue weighted by Crippen LogP contribution is -2.64. The van der Waals surface area contributed by atoms with Gasteiger partial charge in [-0.05, 0) is 19.1 Å². The fourth-order valence-electron chi connectivity index (χ4n) is 2.93. The highest BCUT2D eigenvalue weighted by atomic mass is 16.7. The number of esters is 4. The zero-order valence-electron chi connectivity index (χ0n) is 17.3. The average Bonchev–Trinajstić information content (AvgIpc) is 2.66. The standard InChI is InChI=1S/C20H24O10/c1-10-6-8-14(9-7-10)29-20-18(28-13(4)23)16(27-12(3)22)15(26-11(2)21)17(30-20)19(24)25-5/h6-9,15-18,20H,1-5H3/t15-,16-,17-,18+,20+/m0/s1. The molecule has 0 amide bonds. The molecule has 2 rings (SSSR count). The second kappa shape index (κ2) is 10.1. The third-order valence-electron chi connectivity index (χ3n) is 4.11. The van der Waals surface area contributed by atoms with Crippen LogP contribution in [0.3, 0.4) is 0 Å². The van der Waals surface area contributed by atoms with Crippen molar-refractivity contribution in [2.45, 2.75) is 58.4 Å². The molecule has 0 bridgehead atoms. The molecule has 0 aliphatic carbocycles. The van der Waals surface area contributed by atoms with Crippen molar-refractivity contribution in [2.75, 3.05) is 7.11 Å². The number of aryl methyl sites for hydroxylation is 1. The molecule has 1 aromatic carbocycles. The summed E-state index contributed by atoms with van der Waals surface area (Å²) in [6.07, 6.45) is -7.01. The van der Waals surface area contributed by atoms with Crippen LogP contribution in [0.15, 0.2) is 24.3 Å². The van der Waals surface area contributed by atoms with Crippen LogP contribution in [0.2, 0.25) is 0 Å². The molecule has 1 fully saturated rings. The van der Waals surface area contributed by atoms with Gasteiger partial charge in [-0.3, -0.25) is 14.4 Å². The molecule has 0 unspecified atom stereocenters. The van der Waals surface area contributed by atoms with Crippen molar-refractivity contribution in [2.24, 2.45) is 0 Å². The van der Waals surface area contributed by atoms with Gasteiger partial charge in [-0.15, -0.1) is 0 Å². The van der Waals surface area contributed by atoms with E-state index in [-0.39, 0.29) is 0 Å². The predicted molar refractivity (Wildman–Crippen MR) is 99.1 cm³/mol. The van der Waals surface area contributed by atoms with Gasteiger partial charge in [-0.25, -0.2) is 4.79 Å². The number of carbonyl (C=O) groups excluding carboxylic acids is 4. The van der Waals surface area contributed by atoms with Gasteiger partial charge in [0.25, 0.3) is 0 Å². The highest BCUT2D eigenvalue weighted by molar-refractivity contribution is 5.77. The van der Waals surface area contributed by atoms with E-state index in [1.165, 1.54) is 0 Å². The first-order valence-corrected chi connectivity index (χ1v) is 9.10. The molecule has 1 aromatic rings. The fraction of sp³-hybridized carbons (Fsp3) is 0.500. The van der Waals surface area contributed by atoms with Crippen LogP contribution in [0.25, 0.3) is 0 Å². The number of hydrogen-bond acceptors (Lipinski definition) is 10. The van der Waals surface area contributed by atoms with Crippen LogP contribution >= 0.6 is 0 Å². The Balaban J connectivity index is 2.47. The summed E-state index contributed by atoms with van der Waals surface area (Å²) in [5.41, 5.74) is 0.976. The van der Waals surface area contributed by atoms with Crippen molar-refractivity contribution >= 4 is 23.9 Å². The number of hydrogen-bond donors (Lipinski definition) is 0.